The average molecular weight is 364 g/mol. The Balaban J connectivity index is 1.60. The Kier molecular flexibility index (Phi) is 4.82. The number of aromatic nitrogens is 2. The minimum absolute atomic E-state index is 0.133. The minimum Gasteiger partial charge on any atom is -0.351 e. The van der Waals surface area contributed by atoms with E-state index in [4.69, 9.17) is 11.6 Å². The molecule has 0 saturated heterocycles. The van der Waals surface area contributed by atoms with Crippen LogP contribution in [-0.2, 0) is 17.9 Å². The lowest BCUT2D eigenvalue weighted by Crippen LogP contribution is -2.31. The maximum Gasteiger partial charge on any atom is 0.328 e. The number of aromatic amines is 1. The monoisotopic (exact) mass is 363 g/mol. The molecule has 0 aliphatic carbocycles. The minimum atomic E-state index is -0.525. The van der Waals surface area contributed by atoms with Crippen LogP contribution in [0.2, 0.25) is 5.02 Å². The normalized spacial score (nSPS) is 10.9. The van der Waals surface area contributed by atoms with Crippen LogP contribution in [0.4, 0.5) is 0 Å². The molecular formula is C16H14ClN3O3S. The summed E-state index contributed by atoms with van der Waals surface area (Å²) in [5.41, 5.74) is -0.983. The van der Waals surface area contributed by atoms with Crippen LogP contribution < -0.4 is 16.6 Å². The van der Waals surface area contributed by atoms with Gasteiger partial charge in [-0.2, -0.15) is 0 Å². The maximum absolute atomic E-state index is 12.0. The molecule has 124 valence electrons. The fourth-order valence-corrected chi connectivity index (χ4v) is 3.73. The maximum atomic E-state index is 12.0. The van der Waals surface area contributed by atoms with Crippen LogP contribution in [0, 0.1) is 0 Å². The van der Waals surface area contributed by atoms with Gasteiger partial charge in [0, 0.05) is 40.2 Å². The summed E-state index contributed by atoms with van der Waals surface area (Å²) in [6, 6.07) is 9.04. The molecule has 0 fully saturated rings. The highest BCUT2D eigenvalue weighted by Crippen LogP contribution is 2.34. The number of hydrogen-bond donors (Lipinski definition) is 2. The molecule has 1 amide bonds. The van der Waals surface area contributed by atoms with Crippen molar-refractivity contribution in [2.75, 3.05) is 0 Å². The molecule has 0 atom stereocenters. The summed E-state index contributed by atoms with van der Waals surface area (Å²) < 4.78 is 2.36. The van der Waals surface area contributed by atoms with Gasteiger partial charge in [0.05, 0.1) is 11.6 Å². The molecule has 0 unspecified atom stereocenters. The van der Waals surface area contributed by atoms with E-state index in [1.54, 1.807) is 11.3 Å². The van der Waals surface area contributed by atoms with E-state index < -0.39 is 11.2 Å². The lowest BCUT2D eigenvalue weighted by molar-refractivity contribution is -0.121. The number of halogens is 1. The number of thiophene rings is 1. The van der Waals surface area contributed by atoms with Crippen LogP contribution in [0.3, 0.4) is 0 Å². The van der Waals surface area contributed by atoms with Crippen molar-refractivity contribution in [1.82, 2.24) is 14.9 Å². The number of nitrogens with zero attached hydrogens (tertiary/aromatic N) is 1. The summed E-state index contributed by atoms with van der Waals surface area (Å²) in [6.45, 7) is 0.541. The number of H-pyrrole nitrogens is 1. The number of nitrogens with one attached hydrogen (secondary N) is 2. The molecule has 2 heterocycles. The van der Waals surface area contributed by atoms with E-state index in [1.807, 2.05) is 24.3 Å². The second kappa shape index (κ2) is 7.02. The van der Waals surface area contributed by atoms with Crippen LogP contribution in [0.25, 0.3) is 10.1 Å². The van der Waals surface area contributed by atoms with E-state index in [0.29, 0.717) is 11.6 Å². The first-order chi connectivity index (χ1) is 11.5. The Labute approximate surface area is 145 Å². The molecule has 1 aromatic carbocycles. The third-order valence-corrected chi connectivity index (χ3v) is 5.24. The van der Waals surface area contributed by atoms with Gasteiger partial charge in [0.25, 0.3) is 5.56 Å². The molecule has 3 rings (SSSR count). The molecule has 0 aliphatic heterocycles. The summed E-state index contributed by atoms with van der Waals surface area (Å²) in [5, 5.41) is 4.44. The highest BCUT2D eigenvalue weighted by molar-refractivity contribution is 7.19. The third-order valence-electron chi connectivity index (χ3n) is 3.52. The zero-order valence-electron chi connectivity index (χ0n) is 12.5. The highest BCUT2D eigenvalue weighted by Gasteiger charge is 2.11. The number of hydrogen-bond acceptors (Lipinski definition) is 4. The average Bonchev–Trinajstić information content (AvgIpc) is 2.89. The van der Waals surface area contributed by atoms with Gasteiger partial charge in [-0.3, -0.25) is 14.6 Å². The lowest BCUT2D eigenvalue weighted by atomic mass is 10.2. The van der Waals surface area contributed by atoms with Gasteiger partial charge in [-0.1, -0.05) is 29.8 Å². The van der Waals surface area contributed by atoms with E-state index in [0.717, 1.165) is 15.0 Å². The fourth-order valence-electron chi connectivity index (χ4n) is 2.29. The Morgan fingerprint density at radius 2 is 2.04 bits per heavy atom. The van der Waals surface area contributed by atoms with Crippen LogP contribution >= 0.6 is 22.9 Å². The number of rotatable bonds is 5. The second-order valence-electron chi connectivity index (χ2n) is 5.17. The van der Waals surface area contributed by atoms with Crippen molar-refractivity contribution in [3.63, 3.8) is 0 Å². The molecule has 8 heteroatoms. The van der Waals surface area contributed by atoms with Gasteiger partial charge in [-0.05, 0) is 6.07 Å². The molecule has 0 radical (unpaired) electrons. The summed E-state index contributed by atoms with van der Waals surface area (Å²) in [6.07, 6.45) is 1.51. The highest BCUT2D eigenvalue weighted by atomic mass is 35.5. The summed E-state index contributed by atoms with van der Waals surface area (Å²) >= 11 is 7.87. The zero-order chi connectivity index (χ0) is 17.1. The molecule has 3 aromatic rings. The molecule has 2 aromatic heterocycles. The van der Waals surface area contributed by atoms with Crippen molar-refractivity contribution in [2.24, 2.45) is 0 Å². The Morgan fingerprint density at radius 3 is 2.79 bits per heavy atom. The van der Waals surface area contributed by atoms with Crippen LogP contribution in [0.1, 0.15) is 11.3 Å². The number of aryl methyl sites for hydroxylation is 1. The first-order valence-electron chi connectivity index (χ1n) is 7.27. The second-order valence-corrected chi connectivity index (χ2v) is 6.68. The smallest absolute Gasteiger partial charge is 0.328 e. The van der Waals surface area contributed by atoms with E-state index in [-0.39, 0.29) is 18.9 Å². The molecular weight excluding hydrogens is 350 g/mol. The van der Waals surface area contributed by atoms with E-state index in [9.17, 15) is 14.4 Å². The van der Waals surface area contributed by atoms with Crippen LogP contribution in [-0.4, -0.2) is 15.5 Å². The lowest BCUT2D eigenvalue weighted by Gasteiger charge is -2.06. The topological polar surface area (TPSA) is 84.0 Å². The van der Waals surface area contributed by atoms with E-state index >= 15 is 0 Å². The van der Waals surface area contributed by atoms with Crippen LogP contribution in [0.15, 0.2) is 46.1 Å². The molecule has 0 aliphatic rings. The van der Waals surface area contributed by atoms with Crippen molar-refractivity contribution < 1.29 is 4.79 Å². The Hall–Kier alpha value is -2.38. The van der Waals surface area contributed by atoms with Gasteiger partial charge >= 0.3 is 5.69 Å². The van der Waals surface area contributed by atoms with Crippen molar-refractivity contribution in [1.29, 1.82) is 0 Å². The number of carbonyl (C=O) groups excluding carboxylic acids is 1. The zero-order valence-corrected chi connectivity index (χ0v) is 14.1. The largest absolute Gasteiger partial charge is 0.351 e. The molecule has 6 nitrogen and oxygen atoms in total. The van der Waals surface area contributed by atoms with Gasteiger partial charge in [0.1, 0.15) is 0 Å². The predicted molar refractivity (Wildman–Crippen MR) is 94.6 cm³/mol. The summed E-state index contributed by atoms with van der Waals surface area (Å²) in [4.78, 5) is 37.5. The van der Waals surface area contributed by atoms with Gasteiger partial charge in [0.15, 0.2) is 0 Å². The molecule has 0 saturated carbocycles. The molecule has 0 bridgehead atoms. The summed E-state index contributed by atoms with van der Waals surface area (Å²) in [7, 11) is 0. The molecule has 24 heavy (non-hydrogen) atoms. The van der Waals surface area contributed by atoms with E-state index in [2.05, 4.69) is 10.3 Å². The van der Waals surface area contributed by atoms with Gasteiger partial charge < -0.3 is 9.88 Å². The van der Waals surface area contributed by atoms with Crippen molar-refractivity contribution in [3.8, 4) is 0 Å². The fraction of sp³-hybridized carbons (Fsp3) is 0.188. The number of carbonyl (C=O) groups is 1. The van der Waals surface area contributed by atoms with Gasteiger partial charge in [0.2, 0.25) is 5.91 Å². The predicted octanol–water partition coefficient (Wildman–Crippen LogP) is 2.11. The van der Waals surface area contributed by atoms with Crippen molar-refractivity contribution in [2.45, 2.75) is 19.5 Å². The quantitative estimate of drug-likeness (QED) is 0.728. The number of benzene rings is 1. The van der Waals surface area contributed by atoms with Crippen LogP contribution in [0.5, 0.6) is 0 Å². The molecule has 2 N–H and O–H groups in total. The molecule has 0 spiro atoms. The number of fused-ring (bicyclic) bond motifs is 1. The Morgan fingerprint density at radius 1 is 1.25 bits per heavy atom. The number of amides is 1. The van der Waals surface area contributed by atoms with Crippen molar-refractivity contribution >= 4 is 38.9 Å². The van der Waals surface area contributed by atoms with Crippen molar-refractivity contribution in [3.05, 3.63) is 67.3 Å². The van der Waals surface area contributed by atoms with Gasteiger partial charge in [-0.25, -0.2) is 4.79 Å². The summed E-state index contributed by atoms with van der Waals surface area (Å²) in [5.74, 6) is -0.193. The Bertz CT molecular complexity index is 1010. The van der Waals surface area contributed by atoms with Gasteiger partial charge in [-0.15, -0.1) is 11.3 Å². The van der Waals surface area contributed by atoms with E-state index in [1.165, 1.54) is 16.8 Å². The standard InChI is InChI=1S/C16H14ClN3O3S/c17-15-10-3-1-2-4-11(10)24-12(15)9-18-13(21)5-7-20-8-6-14(22)19-16(20)23/h1-4,6,8H,5,7,9H2,(H,18,21)(H,19,22,23). The SMILES string of the molecule is O=C(CCn1ccc(=O)[nH]c1=O)NCc1sc2ccccc2c1Cl. The third kappa shape index (κ3) is 3.58. The first-order valence-corrected chi connectivity index (χ1v) is 8.46. The first kappa shape index (κ1) is 16.5.